The lowest BCUT2D eigenvalue weighted by atomic mass is 10.1. The van der Waals surface area contributed by atoms with Crippen molar-refractivity contribution in [1.82, 2.24) is 20.5 Å². The zero-order valence-electron chi connectivity index (χ0n) is 12.9. The number of nitrogens with zero attached hydrogens (tertiary/aromatic N) is 4. The van der Waals surface area contributed by atoms with Crippen molar-refractivity contribution in [3.63, 3.8) is 0 Å². The molecule has 1 atom stereocenters. The molecule has 1 saturated heterocycles. The average Bonchev–Trinajstić information content (AvgIpc) is 3.04. The number of oxazole rings is 1. The third-order valence-corrected chi connectivity index (χ3v) is 4.18. The van der Waals surface area contributed by atoms with Crippen molar-refractivity contribution in [2.75, 3.05) is 18.0 Å². The van der Waals surface area contributed by atoms with E-state index in [1.165, 1.54) is 0 Å². The summed E-state index contributed by atoms with van der Waals surface area (Å²) >= 11 is 0. The van der Waals surface area contributed by atoms with Crippen molar-refractivity contribution < 1.29 is 4.42 Å². The van der Waals surface area contributed by atoms with Crippen molar-refractivity contribution >= 4 is 16.9 Å². The van der Waals surface area contributed by atoms with Crippen LogP contribution in [0.2, 0.25) is 0 Å². The van der Waals surface area contributed by atoms with Crippen molar-refractivity contribution in [3.05, 3.63) is 48.5 Å². The lowest BCUT2D eigenvalue weighted by Gasteiger charge is -2.33. The van der Waals surface area contributed by atoms with Crippen molar-refractivity contribution in [1.29, 1.82) is 0 Å². The third kappa shape index (κ3) is 3.17. The highest BCUT2D eigenvalue weighted by Gasteiger charge is 2.21. The summed E-state index contributed by atoms with van der Waals surface area (Å²) in [4.78, 5) is 6.79. The van der Waals surface area contributed by atoms with Crippen molar-refractivity contribution in [2.45, 2.75) is 25.4 Å². The van der Waals surface area contributed by atoms with Crippen LogP contribution in [0.25, 0.3) is 11.1 Å². The van der Waals surface area contributed by atoms with E-state index in [9.17, 15) is 0 Å². The molecule has 0 unspecified atom stereocenters. The molecule has 1 aliphatic heterocycles. The minimum absolute atomic E-state index is 0.403. The molecule has 0 spiro atoms. The molecule has 6 nitrogen and oxygen atoms in total. The molecule has 3 heterocycles. The average molecular weight is 309 g/mol. The highest BCUT2D eigenvalue weighted by Crippen LogP contribution is 2.18. The van der Waals surface area contributed by atoms with E-state index in [1.807, 2.05) is 36.4 Å². The summed E-state index contributed by atoms with van der Waals surface area (Å²) in [5, 5.41) is 11.7. The summed E-state index contributed by atoms with van der Waals surface area (Å²) in [7, 11) is 0. The van der Waals surface area contributed by atoms with Crippen LogP contribution in [0.3, 0.4) is 0 Å². The van der Waals surface area contributed by atoms with E-state index in [0.717, 1.165) is 48.7 Å². The summed E-state index contributed by atoms with van der Waals surface area (Å²) < 4.78 is 5.76. The minimum atomic E-state index is 0.403. The number of hydrogen-bond acceptors (Lipinski definition) is 6. The first-order valence-corrected chi connectivity index (χ1v) is 7.99. The van der Waals surface area contributed by atoms with Crippen LogP contribution in [0, 0.1) is 0 Å². The smallest absolute Gasteiger partial charge is 0.209 e. The first-order chi connectivity index (χ1) is 11.4. The predicted octanol–water partition coefficient (Wildman–Crippen LogP) is 2.38. The first kappa shape index (κ1) is 14.1. The summed E-state index contributed by atoms with van der Waals surface area (Å²) in [6.45, 7) is 2.60. The molecule has 2 aromatic heterocycles. The Labute approximate surface area is 134 Å². The Hall–Kier alpha value is -2.47. The number of aromatic nitrogens is 3. The van der Waals surface area contributed by atoms with Gasteiger partial charge in [0.2, 0.25) is 5.89 Å². The van der Waals surface area contributed by atoms with Gasteiger partial charge in [-0.25, -0.2) is 4.98 Å². The number of anilines is 1. The Morgan fingerprint density at radius 1 is 1.22 bits per heavy atom. The molecular weight excluding hydrogens is 290 g/mol. The maximum Gasteiger partial charge on any atom is 0.209 e. The zero-order chi connectivity index (χ0) is 15.5. The van der Waals surface area contributed by atoms with Crippen LogP contribution in [-0.4, -0.2) is 34.3 Å². The topological polar surface area (TPSA) is 67.1 Å². The maximum atomic E-state index is 5.76. The fourth-order valence-electron chi connectivity index (χ4n) is 3.04. The Morgan fingerprint density at radius 2 is 2.17 bits per heavy atom. The molecule has 1 N–H and O–H groups in total. The molecule has 6 heteroatoms. The molecule has 3 aromatic rings. The van der Waals surface area contributed by atoms with Gasteiger partial charge in [0, 0.05) is 25.3 Å². The van der Waals surface area contributed by atoms with Gasteiger partial charge in [0.15, 0.2) is 11.4 Å². The quantitative estimate of drug-likeness (QED) is 0.798. The third-order valence-electron chi connectivity index (χ3n) is 4.18. The molecule has 118 valence electrons. The number of rotatable bonds is 4. The number of nitrogens with one attached hydrogen (secondary N) is 1. The predicted molar refractivity (Wildman–Crippen MR) is 88.1 cm³/mol. The van der Waals surface area contributed by atoms with Gasteiger partial charge in [0.1, 0.15) is 5.52 Å². The van der Waals surface area contributed by atoms with Gasteiger partial charge in [-0.05, 0) is 37.1 Å². The van der Waals surface area contributed by atoms with E-state index in [4.69, 9.17) is 4.42 Å². The molecule has 0 radical (unpaired) electrons. The lowest BCUT2D eigenvalue weighted by molar-refractivity contribution is 0.393. The number of para-hydroxylation sites is 2. The minimum Gasteiger partial charge on any atom is -0.439 e. The van der Waals surface area contributed by atoms with Crippen LogP contribution in [0.15, 0.2) is 47.0 Å². The molecular formula is C17H19N5O. The number of fused-ring (bicyclic) bond motifs is 1. The molecule has 0 aliphatic carbocycles. The van der Waals surface area contributed by atoms with Gasteiger partial charge in [-0.15, -0.1) is 5.10 Å². The second kappa shape index (κ2) is 6.34. The van der Waals surface area contributed by atoms with Crippen LogP contribution in [0.5, 0.6) is 0 Å². The van der Waals surface area contributed by atoms with Gasteiger partial charge in [-0.1, -0.05) is 12.1 Å². The van der Waals surface area contributed by atoms with Crippen LogP contribution in [0.4, 0.5) is 5.82 Å². The monoisotopic (exact) mass is 309 g/mol. The standard InChI is InChI=1S/C17H19N5O/c1-2-7-15-14(6-1)20-17(23-15)11-18-13-5-4-10-22(12-13)16-8-3-9-19-21-16/h1-3,6-9,13,18H,4-5,10-12H2/t13-/m0/s1. The second-order valence-corrected chi connectivity index (χ2v) is 5.82. The van der Waals surface area contributed by atoms with Crippen LogP contribution in [0.1, 0.15) is 18.7 Å². The van der Waals surface area contributed by atoms with Gasteiger partial charge in [-0.2, -0.15) is 5.10 Å². The maximum absolute atomic E-state index is 5.76. The van der Waals surface area contributed by atoms with E-state index in [1.54, 1.807) is 6.20 Å². The fraction of sp³-hybridized carbons (Fsp3) is 0.353. The molecule has 0 bridgehead atoms. The van der Waals surface area contributed by atoms with Crippen LogP contribution in [-0.2, 0) is 6.54 Å². The first-order valence-electron chi connectivity index (χ1n) is 7.99. The summed E-state index contributed by atoms with van der Waals surface area (Å²) in [5.41, 5.74) is 1.75. The lowest BCUT2D eigenvalue weighted by Crippen LogP contribution is -2.45. The van der Waals surface area contributed by atoms with Gasteiger partial charge in [0.25, 0.3) is 0 Å². The highest BCUT2D eigenvalue weighted by molar-refractivity contribution is 5.72. The van der Waals surface area contributed by atoms with Gasteiger partial charge < -0.3 is 14.6 Å². The molecule has 1 aliphatic rings. The molecule has 1 fully saturated rings. The Balaban J connectivity index is 1.38. The Kier molecular flexibility index (Phi) is 3.90. The van der Waals surface area contributed by atoms with E-state index >= 15 is 0 Å². The fourth-order valence-corrected chi connectivity index (χ4v) is 3.04. The van der Waals surface area contributed by atoms with Gasteiger partial charge in [-0.3, -0.25) is 0 Å². The SMILES string of the molecule is c1cnnc(N2CCC[C@H](NCc3nc4ccccc4o3)C2)c1. The zero-order valence-corrected chi connectivity index (χ0v) is 12.9. The highest BCUT2D eigenvalue weighted by atomic mass is 16.3. The summed E-state index contributed by atoms with van der Waals surface area (Å²) in [6, 6.07) is 12.2. The largest absolute Gasteiger partial charge is 0.439 e. The van der Waals surface area contributed by atoms with E-state index in [-0.39, 0.29) is 0 Å². The number of hydrogen-bond donors (Lipinski definition) is 1. The Morgan fingerprint density at radius 3 is 3.04 bits per heavy atom. The van der Waals surface area contributed by atoms with Crippen LogP contribution < -0.4 is 10.2 Å². The molecule has 23 heavy (non-hydrogen) atoms. The van der Waals surface area contributed by atoms with Crippen LogP contribution >= 0.6 is 0 Å². The summed E-state index contributed by atoms with van der Waals surface area (Å²) in [5.74, 6) is 1.68. The Bertz CT molecular complexity index is 740. The normalized spacial score (nSPS) is 18.4. The van der Waals surface area contributed by atoms with E-state index in [2.05, 4.69) is 25.4 Å². The summed E-state index contributed by atoms with van der Waals surface area (Å²) in [6.07, 6.45) is 4.00. The number of piperidine rings is 1. The molecule has 0 amide bonds. The van der Waals surface area contributed by atoms with Gasteiger partial charge >= 0.3 is 0 Å². The van der Waals surface area contributed by atoms with E-state index < -0.39 is 0 Å². The molecule has 4 rings (SSSR count). The van der Waals surface area contributed by atoms with Crippen molar-refractivity contribution in [3.8, 4) is 0 Å². The number of benzene rings is 1. The van der Waals surface area contributed by atoms with Gasteiger partial charge in [0.05, 0.1) is 6.54 Å². The van der Waals surface area contributed by atoms with Crippen molar-refractivity contribution in [2.24, 2.45) is 0 Å². The molecule has 1 aromatic carbocycles. The second-order valence-electron chi connectivity index (χ2n) is 5.82. The molecule has 0 saturated carbocycles. The van der Waals surface area contributed by atoms with E-state index in [0.29, 0.717) is 12.6 Å².